The highest BCUT2D eigenvalue weighted by Crippen LogP contribution is 2.33. The van der Waals surface area contributed by atoms with Crippen molar-refractivity contribution in [1.29, 1.82) is 0 Å². The normalized spacial score (nSPS) is 11.6. The highest BCUT2D eigenvalue weighted by Gasteiger charge is 2.08. The number of hydrogen-bond donors (Lipinski definition) is 1. The Morgan fingerprint density at radius 1 is 0.789 bits per heavy atom. The van der Waals surface area contributed by atoms with Crippen LogP contribution >= 0.6 is 15.9 Å². The molecule has 0 bridgehead atoms. The summed E-state index contributed by atoms with van der Waals surface area (Å²) in [5, 5.41) is 4.59. The van der Waals surface area contributed by atoms with Gasteiger partial charge in [-0.15, -0.1) is 0 Å². The number of furan rings is 1. The zero-order chi connectivity index (χ0) is 13.0. The summed E-state index contributed by atoms with van der Waals surface area (Å²) in [5.41, 5.74) is 8.26. The maximum absolute atomic E-state index is 5.88. The summed E-state index contributed by atoms with van der Waals surface area (Å²) < 4.78 is 6.96. The molecule has 0 atom stereocenters. The van der Waals surface area contributed by atoms with E-state index in [0.717, 1.165) is 32.1 Å². The van der Waals surface area contributed by atoms with E-state index in [2.05, 4.69) is 40.2 Å². The molecule has 19 heavy (non-hydrogen) atoms. The van der Waals surface area contributed by atoms with Crippen molar-refractivity contribution in [3.63, 3.8) is 0 Å². The second-order valence-electron chi connectivity index (χ2n) is 4.70. The van der Waals surface area contributed by atoms with Crippen molar-refractivity contribution in [1.82, 2.24) is 0 Å². The van der Waals surface area contributed by atoms with Crippen molar-refractivity contribution in [2.75, 3.05) is 5.73 Å². The molecule has 1 aromatic heterocycles. The lowest BCUT2D eigenvalue weighted by molar-refractivity contribution is 0.669. The maximum atomic E-state index is 5.88. The second kappa shape index (κ2) is 3.75. The van der Waals surface area contributed by atoms with Crippen LogP contribution in [0, 0.1) is 0 Å². The molecule has 0 saturated carbocycles. The molecule has 0 fully saturated rings. The first-order valence-corrected chi connectivity index (χ1v) is 6.81. The lowest BCUT2D eigenvalue weighted by Crippen LogP contribution is -1.81. The van der Waals surface area contributed by atoms with Crippen molar-refractivity contribution in [3.05, 3.63) is 53.0 Å². The van der Waals surface area contributed by atoms with Crippen molar-refractivity contribution in [3.8, 4) is 0 Å². The van der Waals surface area contributed by atoms with Gasteiger partial charge in [0.05, 0.1) is 0 Å². The van der Waals surface area contributed by atoms with E-state index >= 15 is 0 Å². The van der Waals surface area contributed by atoms with Gasteiger partial charge in [0, 0.05) is 27.0 Å². The number of anilines is 1. The van der Waals surface area contributed by atoms with Gasteiger partial charge in [0.15, 0.2) is 0 Å². The van der Waals surface area contributed by atoms with Gasteiger partial charge in [0.25, 0.3) is 0 Å². The molecule has 92 valence electrons. The minimum Gasteiger partial charge on any atom is -0.456 e. The Labute approximate surface area is 117 Å². The van der Waals surface area contributed by atoms with E-state index in [9.17, 15) is 0 Å². The number of benzene rings is 3. The molecule has 0 radical (unpaired) electrons. The zero-order valence-electron chi connectivity index (χ0n) is 9.98. The lowest BCUT2D eigenvalue weighted by atomic mass is 10.1. The average molecular weight is 312 g/mol. The molecule has 0 unspecified atom stereocenters. The summed E-state index contributed by atoms with van der Waals surface area (Å²) in [7, 11) is 0. The molecule has 0 spiro atoms. The molecule has 0 aliphatic heterocycles. The van der Waals surface area contributed by atoms with E-state index in [0.29, 0.717) is 0 Å². The molecule has 0 saturated heterocycles. The molecule has 4 aromatic rings. The summed E-state index contributed by atoms with van der Waals surface area (Å²) in [6.07, 6.45) is 0. The van der Waals surface area contributed by atoms with E-state index < -0.39 is 0 Å². The Bertz CT molecular complexity index is 940. The monoisotopic (exact) mass is 311 g/mol. The summed E-state index contributed by atoms with van der Waals surface area (Å²) in [6, 6.07) is 16.3. The summed E-state index contributed by atoms with van der Waals surface area (Å²) in [6.45, 7) is 0. The van der Waals surface area contributed by atoms with Gasteiger partial charge in [0.2, 0.25) is 0 Å². The summed E-state index contributed by atoms with van der Waals surface area (Å²) in [4.78, 5) is 0. The fourth-order valence-electron chi connectivity index (χ4n) is 2.51. The Balaban J connectivity index is 2.20. The van der Waals surface area contributed by atoms with Gasteiger partial charge in [-0.05, 0) is 47.2 Å². The van der Waals surface area contributed by atoms with E-state index in [4.69, 9.17) is 10.2 Å². The first-order valence-electron chi connectivity index (χ1n) is 6.02. The molecule has 0 aliphatic carbocycles. The molecule has 0 aliphatic rings. The van der Waals surface area contributed by atoms with Crippen LogP contribution in [0.25, 0.3) is 32.7 Å². The van der Waals surface area contributed by atoms with Gasteiger partial charge in [-0.3, -0.25) is 0 Å². The largest absolute Gasteiger partial charge is 0.456 e. The number of halogens is 1. The van der Waals surface area contributed by atoms with Crippen molar-refractivity contribution >= 4 is 54.3 Å². The number of fused-ring (bicyclic) bond motifs is 4. The quantitative estimate of drug-likeness (QED) is 0.460. The fraction of sp³-hybridized carbons (Fsp3) is 0. The van der Waals surface area contributed by atoms with Crippen LogP contribution in [0.1, 0.15) is 0 Å². The predicted octanol–water partition coefficient (Wildman–Crippen LogP) is 5.08. The first-order chi connectivity index (χ1) is 9.20. The van der Waals surface area contributed by atoms with Crippen LogP contribution in [0.3, 0.4) is 0 Å². The van der Waals surface area contributed by atoms with Gasteiger partial charge in [-0.25, -0.2) is 0 Å². The first kappa shape index (κ1) is 10.9. The molecule has 2 N–H and O–H groups in total. The summed E-state index contributed by atoms with van der Waals surface area (Å²) >= 11 is 3.51. The van der Waals surface area contributed by atoms with Crippen molar-refractivity contribution in [2.45, 2.75) is 0 Å². The summed E-state index contributed by atoms with van der Waals surface area (Å²) in [5.74, 6) is 0. The van der Waals surface area contributed by atoms with E-state index in [1.165, 1.54) is 10.8 Å². The Morgan fingerprint density at radius 3 is 2.53 bits per heavy atom. The Kier molecular flexibility index (Phi) is 2.15. The number of nitrogens with two attached hydrogens (primary N) is 1. The van der Waals surface area contributed by atoms with Crippen LogP contribution in [0.15, 0.2) is 57.4 Å². The van der Waals surface area contributed by atoms with Crippen LogP contribution < -0.4 is 5.73 Å². The molecular formula is C16H10BrNO. The van der Waals surface area contributed by atoms with Gasteiger partial charge in [-0.1, -0.05) is 22.0 Å². The molecule has 3 heteroatoms. The van der Waals surface area contributed by atoms with Gasteiger partial charge in [0.1, 0.15) is 11.2 Å². The van der Waals surface area contributed by atoms with Gasteiger partial charge >= 0.3 is 0 Å². The molecule has 3 aromatic carbocycles. The average Bonchev–Trinajstić information content (AvgIpc) is 2.72. The van der Waals surface area contributed by atoms with Gasteiger partial charge < -0.3 is 10.2 Å². The van der Waals surface area contributed by atoms with Crippen LogP contribution in [-0.2, 0) is 0 Å². The van der Waals surface area contributed by atoms with Crippen LogP contribution in [0.4, 0.5) is 5.69 Å². The van der Waals surface area contributed by atoms with E-state index in [1.54, 1.807) is 0 Å². The van der Waals surface area contributed by atoms with Crippen molar-refractivity contribution < 1.29 is 4.42 Å². The smallest absolute Gasteiger partial charge is 0.137 e. The molecule has 1 heterocycles. The molecule has 0 amide bonds. The number of rotatable bonds is 0. The molecule has 4 rings (SSSR count). The minimum atomic E-state index is 0.721. The van der Waals surface area contributed by atoms with Crippen molar-refractivity contribution in [2.24, 2.45) is 0 Å². The topological polar surface area (TPSA) is 39.2 Å². The Hall–Kier alpha value is -2.00. The maximum Gasteiger partial charge on any atom is 0.137 e. The standard InChI is InChI=1S/C16H10BrNO/c17-11-2-1-9-7-15-14(6-10(9)5-11)13-4-3-12(18)8-16(13)19-15/h1-8H,18H2. The lowest BCUT2D eigenvalue weighted by Gasteiger charge is -1.98. The van der Waals surface area contributed by atoms with E-state index in [1.807, 2.05) is 24.3 Å². The number of hydrogen-bond acceptors (Lipinski definition) is 2. The highest BCUT2D eigenvalue weighted by molar-refractivity contribution is 9.10. The van der Waals surface area contributed by atoms with E-state index in [-0.39, 0.29) is 0 Å². The fourth-order valence-corrected chi connectivity index (χ4v) is 2.89. The Morgan fingerprint density at radius 2 is 1.63 bits per heavy atom. The molecule has 2 nitrogen and oxygen atoms in total. The molecular weight excluding hydrogens is 302 g/mol. The SMILES string of the molecule is Nc1ccc2c(c1)oc1cc3ccc(Br)cc3cc12. The van der Waals surface area contributed by atoms with Crippen LogP contribution in [0.2, 0.25) is 0 Å². The third-order valence-electron chi connectivity index (χ3n) is 3.42. The zero-order valence-corrected chi connectivity index (χ0v) is 11.6. The number of nitrogen functional groups attached to an aromatic ring is 1. The van der Waals surface area contributed by atoms with Crippen LogP contribution in [0.5, 0.6) is 0 Å². The predicted molar refractivity (Wildman–Crippen MR) is 83.3 cm³/mol. The highest BCUT2D eigenvalue weighted by atomic mass is 79.9. The minimum absolute atomic E-state index is 0.721. The third-order valence-corrected chi connectivity index (χ3v) is 3.91. The van der Waals surface area contributed by atoms with Gasteiger partial charge in [-0.2, -0.15) is 0 Å². The second-order valence-corrected chi connectivity index (χ2v) is 5.61. The van der Waals surface area contributed by atoms with Crippen LogP contribution in [-0.4, -0.2) is 0 Å². The third kappa shape index (κ3) is 1.62.